The standard InChI is InChI=1S/C10H17N5O/c1-6-9(11)10(15(2)14-6)13-7-3-4-8(16)12-5-7/h7,13H,3-5,11H2,1-2H3,(H,12,16). The molecule has 1 unspecified atom stereocenters. The molecule has 2 heterocycles. The summed E-state index contributed by atoms with van der Waals surface area (Å²) in [5, 5.41) is 10.4. The summed E-state index contributed by atoms with van der Waals surface area (Å²) in [7, 11) is 1.85. The van der Waals surface area contributed by atoms with Crippen molar-refractivity contribution in [1.29, 1.82) is 0 Å². The number of aryl methyl sites for hydroxylation is 2. The Kier molecular flexibility index (Phi) is 2.72. The molecule has 1 amide bonds. The molecule has 6 heteroatoms. The number of anilines is 2. The van der Waals surface area contributed by atoms with Gasteiger partial charge in [-0.1, -0.05) is 0 Å². The molecule has 6 nitrogen and oxygen atoms in total. The molecule has 0 radical (unpaired) electrons. The van der Waals surface area contributed by atoms with Gasteiger partial charge in [0.25, 0.3) is 0 Å². The Balaban J connectivity index is 2.06. The van der Waals surface area contributed by atoms with Gasteiger partial charge >= 0.3 is 0 Å². The Labute approximate surface area is 94.2 Å². The minimum atomic E-state index is 0.118. The summed E-state index contributed by atoms with van der Waals surface area (Å²) in [4.78, 5) is 11.0. The number of nitrogens with zero attached hydrogens (tertiary/aromatic N) is 2. The first-order chi connectivity index (χ1) is 7.58. The second-order valence-electron chi connectivity index (χ2n) is 4.16. The van der Waals surface area contributed by atoms with Gasteiger partial charge in [0.15, 0.2) is 0 Å². The molecule has 1 fully saturated rings. The van der Waals surface area contributed by atoms with E-state index in [2.05, 4.69) is 15.7 Å². The fourth-order valence-electron chi connectivity index (χ4n) is 1.90. The van der Waals surface area contributed by atoms with Crippen molar-refractivity contribution in [3.05, 3.63) is 5.69 Å². The van der Waals surface area contributed by atoms with Gasteiger partial charge in [-0.3, -0.25) is 9.48 Å². The zero-order valence-corrected chi connectivity index (χ0v) is 9.58. The summed E-state index contributed by atoms with van der Waals surface area (Å²) in [6.45, 7) is 2.52. The molecule has 1 aromatic rings. The first-order valence-electron chi connectivity index (χ1n) is 5.40. The fourth-order valence-corrected chi connectivity index (χ4v) is 1.90. The molecular weight excluding hydrogens is 206 g/mol. The van der Waals surface area contributed by atoms with Crippen LogP contribution in [-0.2, 0) is 11.8 Å². The maximum absolute atomic E-state index is 11.0. The third-order valence-corrected chi connectivity index (χ3v) is 2.87. The number of hydrogen-bond acceptors (Lipinski definition) is 4. The van der Waals surface area contributed by atoms with E-state index in [1.165, 1.54) is 0 Å². The highest BCUT2D eigenvalue weighted by molar-refractivity contribution is 5.77. The van der Waals surface area contributed by atoms with Gasteiger partial charge in [0.1, 0.15) is 5.82 Å². The number of carbonyl (C=O) groups excluding carboxylic acids is 1. The summed E-state index contributed by atoms with van der Waals surface area (Å²) in [5.74, 6) is 0.950. The highest BCUT2D eigenvalue weighted by Crippen LogP contribution is 2.22. The number of piperidine rings is 1. The number of rotatable bonds is 2. The van der Waals surface area contributed by atoms with Gasteiger partial charge in [-0.05, 0) is 13.3 Å². The number of nitrogens with two attached hydrogens (primary N) is 1. The summed E-state index contributed by atoms with van der Waals surface area (Å²) in [6.07, 6.45) is 1.39. The Morgan fingerprint density at radius 1 is 1.62 bits per heavy atom. The SMILES string of the molecule is Cc1nn(C)c(NC2CCC(=O)NC2)c1N. The predicted molar refractivity (Wildman–Crippen MR) is 62.0 cm³/mol. The van der Waals surface area contributed by atoms with E-state index in [1.54, 1.807) is 4.68 Å². The number of hydrogen-bond donors (Lipinski definition) is 3. The van der Waals surface area contributed by atoms with Crippen LogP contribution < -0.4 is 16.4 Å². The van der Waals surface area contributed by atoms with E-state index in [4.69, 9.17) is 5.73 Å². The van der Waals surface area contributed by atoms with E-state index in [-0.39, 0.29) is 11.9 Å². The molecule has 88 valence electrons. The van der Waals surface area contributed by atoms with Crippen LogP contribution in [0.25, 0.3) is 0 Å². The second kappa shape index (κ2) is 4.03. The lowest BCUT2D eigenvalue weighted by atomic mass is 10.1. The Morgan fingerprint density at radius 3 is 2.88 bits per heavy atom. The van der Waals surface area contributed by atoms with Crippen molar-refractivity contribution in [2.24, 2.45) is 7.05 Å². The van der Waals surface area contributed by atoms with Gasteiger partial charge in [0.2, 0.25) is 5.91 Å². The van der Waals surface area contributed by atoms with Crippen molar-refractivity contribution in [2.45, 2.75) is 25.8 Å². The molecule has 1 aliphatic heterocycles. The zero-order valence-electron chi connectivity index (χ0n) is 9.58. The summed E-state index contributed by atoms with van der Waals surface area (Å²) in [6, 6.07) is 0.231. The molecule has 0 aliphatic carbocycles. The van der Waals surface area contributed by atoms with Crippen molar-refractivity contribution in [1.82, 2.24) is 15.1 Å². The van der Waals surface area contributed by atoms with Crippen molar-refractivity contribution in [2.75, 3.05) is 17.6 Å². The molecule has 1 atom stereocenters. The first-order valence-corrected chi connectivity index (χ1v) is 5.40. The van der Waals surface area contributed by atoms with Gasteiger partial charge in [-0.2, -0.15) is 5.10 Å². The number of amides is 1. The lowest BCUT2D eigenvalue weighted by molar-refractivity contribution is -0.122. The fraction of sp³-hybridized carbons (Fsp3) is 0.600. The van der Waals surface area contributed by atoms with E-state index < -0.39 is 0 Å². The Hall–Kier alpha value is -1.72. The summed E-state index contributed by atoms with van der Waals surface area (Å²) in [5.41, 5.74) is 7.42. The molecule has 1 saturated heterocycles. The third kappa shape index (κ3) is 1.95. The van der Waals surface area contributed by atoms with Crippen LogP contribution in [0.3, 0.4) is 0 Å². The van der Waals surface area contributed by atoms with Gasteiger partial charge in [-0.15, -0.1) is 0 Å². The molecule has 1 aromatic heterocycles. The van der Waals surface area contributed by atoms with Gasteiger partial charge in [0, 0.05) is 26.1 Å². The lowest BCUT2D eigenvalue weighted by Crippen LogP contribution is -2.42. The van der Waals surface area contributed by atoms with Crippen LogP contribution in [0.2, 0.25) is 0 Å². The Morgan fingerprint density at radius 2 is 2.38 bits per heavy atom. The van der Waals surface area contributed by atoms with Crippen LogP contribution in [0.5, 0.6) is 0 Å². The van der Waals surface area contributed by atoms with Crippen molar-refractivity contribution >= 4 is 17.4 Å². The quantitative estimate of drug-likeness (QED) is 0.659. The topological polar surface area (TPSA) is 85.0 Å². The number of nitrogen functional groups attached to an aromatic ring is 1. The van der Waals surface area contributed by atoms with Crippen molar-refractivity contribution in [3.63, 3.8) is 0 Å². The molecule has 4 N–H and O–H groups in total. The average Bonchev–Trinajstić information content (AvgIpc) is 2.48. The predicted octanol–water partition coefficient (Wildman–Crippen LogP) is 0.00122. The molecule has 0 bridgehead atoms. The monoisotopic (exact) mass is 223 g/mol. The van der Waals surface area contributed by atoms with Crippen LogP contribution in [0.1, 0.15) is 18.5 Å². The first kappa shape index (κ1) is 10.8. The van der Waals surface area contributed by atoms with Gasteiger partial charge < -0.3 is 16.4 Å². The summed E-state index contributed by atoms with van der Waals surface area (Å²) < 4.78 is 1.74. The van der Waals surface area contributed by atoms with Gasteiger partial charge in [-0.25, -0.2) is 0 Å². The van der Waals surface area contributed by atoms with Crippen LogP contribution >= 0.6 is 0 Å². The van der Waals surface area contributed by atoms with Crippen LogP contribution in [-0.4, -0.2) is 28.3 Å². The molecule has 1 aliphatic rings. The molecule has 0 spiro atoms. The minimum Gasteiger partial charge on any atom is -0.394 e. The minimum absolute atomic E-state index is 0.118. The maximum Gasteiger partial charge on any atom is 0.220 e. The van der Waals surface area contributed by atoms with Gasteiger partial charge in [0.05, 0.1) is 11.4 Å². The summed E-state index contributed by atoms with van der Waals surface area (Å²) >= 11 is 0. The number of carbonyl (C=O) groups is 1. The van der Waals surface area contributed by atoms with E-state index in [0.717, 1.165) is 17.9 Å². The van der Waals surface area contributed by atoms with Crippen molar-refractivity contribution in [3.8, 4) is 0 Å². The Bertz CT molecular complexity index is 402. The van der Waals surface area contributed by atoms with Crippen LogP contribution in [0.15, 0.2) is 0 Å². The third-order valence-electron chi connectivity index (χ3n) is 2.87. The normalized spacial score (nSPS) is 20.6. The molecule has 0 aromatic carbocycles. The number of aromatic nitrogens is 2. The number of nitrogens with one attached hydrogen (secondary N) is 2. The lowest BCUT2D eigenvalue weighted by Gasteiger charge is -2.24. The van der Waals surface area contributed by atoms with Crippen LogP contribution in [0.4, 0.5) is 11.5 Å². The van der Waals surface area contributed by atoms with Crippen LogP contribution in [0, 0.1) is 6.92 Å². The molecule has 2 rings (SSSR count). The molecular formula is C10H17N5O. The molecule has 16 heavy (non-hydrogen) atoms. The highest BCUT2D eigenvalue weighted by atomic mass is 16.1. The largest absolute Gasteiger partial charge is 0.394 e. The van der Waals surface area contributed by atoms with E-state index in [0.29, 0.717) is 18.7 Å². The average molecular weight is 223 g/mol. The smallest absolute Gasteiger partial charge is 0.220 e. The van der Waals surface area contributed by atoms with E-state index in [9.17, 15) is 4.79 Å². The second-order valence-corrected chi connectivity index (χ2v) is 4.16. The zero-order chi connectivity index (χ0) is 11.7. The van der Waals surface area contributed by atoms with E-state index >= 15 is 0 Å². The van der Waals surface area contributed by atoms with E-state index in [1.807, 2.05) is 14.0 Å². The highest BCUT2D eigenvalue weighted by Gasteiger charge is 2.20. The molecule has 0 saturated carbocycles. The maximum atomic E-state index is 11.0. The van der Waals surface area contributed by atoms with Crippen molar-refractivity contribution < 1.29 is 4.79 Å².